The number of ketones is 1. The van der Waals surface area contributed by atoms with E-state index in [0.29, 0.717) is 9.58 Å². The molecule has 0 fully saturated rings. The van der Waals surface area contributed by atoms with E-state index >= 15 is 0 Å². The molecule has 0 radical (unpaired) electrons. The zero-order valence-electron chi connectivity index (χ0n) is 11.3. The smallest absolute Gasteiger partial charge is 0.197 e. The molecule has 0 bridgehead atoms. The van der Waals surface area contributed by atoms with Gasteiger partial charge in [0, 0.05) is 22.6 Å². The Hall–Kier alpha value is -1.51. The van der Waals surface area contributed by atoms with Crippen LogP contribution in [0.2, 0.25) is 0 Å². The summed E-state index contributed by atoms with van der Waals surface area (Å²) < 4.78 is 44.2. The van der Waals surface area contributed by atoms with Gasteiger partial charge in [-0.15, -0.1) is 11.3 Å². The van der Waals surface area contributed by atoms with Gasteiger partial charge in [-0.25, -0.2) is 8.60 Å². The standard InChI is InChI=1S/C13H13FO5S2/c1-18-9-6-10-7(12(14)13(9)19-2)5-11(20-10)8(15)3-4-21(16)17/h5-6H,3-4H2,1-2H3,(H,16,17). The number of benzene rings is 1. The first kappa shape index (κ1) is 15.9. The second kappa shape index (κ2) is 6.50. The van der Waals surface area contributed by atoms with Gasteiger partial charge < -0.3 is 14.0 Å². The van der Waals surface area contributed by atoms with Crippen LogP contribution < -0.4 is 9.47 Å². The SMILES string of the molecule is COc1cc2sc(C(=O)CCS(=O)O)cc2c(F)c1OC. The molecule has 8 heteroatoms. The van der Waals surface area contributed by atoms with Crippen LogP contribution >= 0.6 is 11.3 Å². The summed E-state index contributed by atoms with van der Waals surface area (Å²) >= 11 is -0.908. The number of carbonyl (C=O) groups excluding carboxylic acids is 1. The fourth-order valence-electron chi connectivity index (χ4n) is 1.88. The normalized spacial score (nSPS) is 12.4. The van der Waals surface area contributed by atoms with Crippen LogP contribution in [0.4, 0.5) is 4.39 Å². The molecule has 21 heavy (non-hydrogen) atoms. The number of hydrogen-bond donors (Lipinski definition) is 1. The Kier molecular flexibility index (Phi) is 4.92. The highest BCUT2D eigenvalue weighted by Crippen LogP contribution is 2.39. The van der Waals surface area contributed by atoms with E-state index in [1.165, 1.54) is 20.3 Å². The topological polar surface area (TPSA) is 72.8 Å². The van der Waals surface area contributed by atoms with Crippen molar-refractivity contribution in [3.8, 4) is 11.5 Å². The summed E-state index contributed by atoms with van der Waals surface area (Å²) in [6.07, 6.45) is -0.0637. The Morgan fingerprint density at radius 2 is 2.10 bits per heavy atom. The fraction of sp³-hybridized carbons (Fsp3) is 0.308. The van der Waals surface area contributed by atoms with Crippen LogP contribution in [-0.4, -0.2) is 34.5 Å². The van der Waals surface area contributed by atoms with Gasteiger partial charge in [-0.1, -0.05) is 0 Å². The summed E-state index contributed by atoms with van der Waals surface area (Å²) in [4.78, 5) is 12.3. The molecular weight excluding hydrogens is 319 g/mol. The zero-order chi connectivity index (χ0) is 15.6. The molecule has 0 saturated heterocycles. The molecule has 0 aliphatic rings. The zero-order valence-corrected chi connectivity index (χ0v) is 13.0. The van der Waals surface area contributed by atoms with Gasteiger partial charge in [-0.3, -0.25) is 4.79 Å². The maximum absolute atomic E-state index is 14.3. The first-order valence-electron chi connectivity index (χ1n) is 5.92. The molecule has 0 aliphatic carbocycles. The predicted octanol–water partition coefficient (Wildman–Crippen LogP) is 2.85. The van der Waals surface area contributed by atoms with E-state index in [-0.39, 0.29) is 34.8 Å². The van der Waals surface area contributed by atoms with Gasteiger partial charge in [-0.05, 0) is 6.07 Å². The Labute approximate surface area is 127 Å². The minimum Gasteiger partial charge on any atom is -0.493 e. The lowest BCUT2D eigenvalue weighted by molar-refractivity contribution is 0.0992. The van der Waals surface area contributed by atoms with Gasteiger partial charge in [0.2, 0.25) is 0 Å². The molecule has 0 amide bonds. The summed E-state index contributed by atoms with van der Waals surface area (Å²) in [5.74, 6) is -0.788. The molecule has 2 aromatic rings. The third kappa shape index (κ3) is 3.22. The lowest BCUT2D eigenvalue weighted by Crippen LogP contribution is -2.03. The van der Waals surface area contributed by atoms with E-state index in [1.807, 2.05) is 0 Å². The third-order valence-electron chi connectivity index (χ3n) is 2.89. The average molecular weight is 332 g/mol. The number of ether oxygens (including phenoxy) is 2. The van der Waals surface area contributed by atoms with Crippen molar-refractivity contribution >= 4 is 38.3 Å². The van der Waals surface area contributed by atoms with Crippen LogP contribution in [-0.2, 0) is 11.1 Å². The lowest BCUT2D eigenvalue weighted by Gasteiger charge is -2.08. The first-order valence-corrected chi connectivity index (χ1v) is 8.01. The molecule has 114 valence electrons. The summed E-state index contributed by atoms with van der Waals surface area (Å²) in [6, 6.07) is 3.03. The third-order valence-corrected chi connectivity index (χ3v) is 4.56. The van der Waals surface area contributed by atoms with Crippen molar-refractivity contribution in [2.24, 2.45) is 0 Å². The number of fused-ring (bicyclic) bond motifs is 1. The summed E-state index contributed by atoms with van der Waals surface area (Å²) in [6.45, 7) is 0. The van der Waals surface area contributed by atoms with Crippen molar-refractivity contribution in [2.45, 2.75) is 6.42 Å². The number of hydrogen-bond acceptors (Lipinski definition) is 5. The largest absolute Gasteiger partial charge is 0.493 e. The van der Waals surface area contributed by atoms with Crippen molar-refractivity contribution in [3.63, 3.8) is 0 Å². The molecule has 0 aliphatic heterocycles. The van der Waals surface area contributed by atoms with Crippen molar-refractivity contribution in [1.29, 1.82) is 0 Å². The van der Waals surface area contributed by atoms with Crippen LogP contribution in [0.1, 0.15) is 16.1 Å². The number of rotatable bonds is 6. The summed E-state index contributed by atoms with van der Waals surface area (Å²) in [7, 11) is 2.74. The van der Waals surface area contributed by atoms with Crippen LogP contribution in [0, 0.1) is 5.82 Å². The van der Waals surface area contributed by atoms with E-state index in [1.54, 1.807) is 6.07 Å². The van der Waals surface area contributed by atoms with Crippen LogP contribution in [0.15, 0.2) is 12.1 Å². The molecule has 1 unspecified atom stereocenters. The van der Waals surface area contributed by atoms with Crippen molar-refractivity contribution in [3.05, 3.63) is 22.8 Å². The molecule has 1 heterocycles. The van der Waals surface area contributed by atoms with Crippen molar-refractivity contribution in [1.82, 2.24) is 0 Å². The summed E-state index contributed by atoms with van der Waals surface area (Å²) in [5.41, 5.74) is 0. The Morgan fingerprint density at radius 1 is 1.38 bits per heavy atom. The number of carbonyl (C=O) groups is 1. The number of methoxy groups -OCH3 is 2. The van der Waals surface area contributed by atoms with Crippen LogP contribution in [0.5, 0.6) is 11.5 Å². The van der Waals surface area contributed by atoms with Gasteiger partial charge >= 0.3 is 0 Å². The van der Waals surface area contributed by atoms with Gasteiger partial charge in [0.25, 0.3) is 0 Å². The van der Waals surface area contributed by atoms with E-state index in [4.69, 9.17) is 14.0 Å². The van der Waals surface area contributed by atoms with E-state index < -0.39 is 16.9 Å². The summed E-state index contributed by atoms with van der Waals surface area (Å²) in [5, 5.41) is 0.270. The molecular formula is C13H13FO5S2. The van der Waals surface area contributed by atoms with Crippen LogP contribution in [0.3, 0.4) is 0 Å². The fourth-order valence-corrected chi connectivity index (χ4v) is 3.30. The maximum atomic E-state index is 14.3. The average Bonchev–Trinajstić information content (AvgIpc) is 2.88. The second-order valence-electron chi connectivity index (χ2n) is 4.15. The molecule has 5 nitrogen and oxygen atoms in total. The molecule has 1 atom stereocenters. The van der Waals surface area contributed by atoms with Gasteiger partial charge in [0.15, 0.2) is 34.2 Å². The molecule has 1 aromatic carbocycles. The highest BCUT2D eigenvalue weighted by molar-refractivity contribution is 7.79. The highest BCUT2D eigenvalue weighted by atomic mass is 32.2. The number of halogens is 1. The van der Waals surface area contributed by atoms with Gasteiger partial charge in [-0.2, -0.15) is 0 Å². The molecule has 2 rings (SSSR count). The van der Waals surface area contributed by atoms with E-state index in [9.17, 15) is 13.4 Å². The second-order valence-corrected chi connectivity index (χ2v) is 6.28. The quantitative estimate of drug-likeness (QED) is 0.650. The van der Waals surface area contributed by atoms with Crippen molar-refractivity contribution < 1.29 is 27.4 Å². The predicted molar refractivity (Wildman–Crippen MR) is 79.5 cm³/mol. The lowest BCUT2D eigenvalue weighted by atomic mass is 10.2. The van der Waals surface area contributed by atoms with Crippen molar-refractivity contribution in [2.75, 3.05) is 20.0 Å². The molecule has 0 saturated carbocycles. The molecule has 1 N–H and O–H groups in total. The van der Waals surface area contributed by atoms with Gasteiger partial charge in [0.05, 0.1) is 24.8 Å². The minimum atomic E-state index is -2.02. The minimum absolute atomic E-state index is 0.0155. The Balaban J connectivity index is 2.44. The Morgan fingerprint density at radius 3 is 2.67 bits per heavy atom. The van der Waals surface area contributed by atoms with Gasteiger partial charge in [0.1, 0.15) is 0 Å². The highest BCUT2D eigenvalue weighted by Gasteiger charge is 2.19. The first-order chi connectivity index (χ1) is 9.97. The van der Waals surface area contributed by atoms with Crippen LogP contribution in [0.25, 0.3) is 10.1 Å². The Bertz CT molecular complexity index is 710. The monoisotopic (exact) mass is 332 g/mol. The number of thiophene rings is 1. The maximum Gasteiger partial charge on any atom is 0.197 e. The van der Waals surface area contributed by atoms with E-state index in [0.717, 1.165) is 11.3 Å². The van der Waals surface area contributed by atoms with E-state index in [2.05, 4.69) is 0 Å². The molecule has 1 aromatic heterocycles. The molecule has 0 spiro atoms. The number of Topliss-reactive ketones (excluding diaryl/α,β-unsaturated/α-hetero) is 1.